The molecular weight excluding hydrogens is 508 g/mol. The molecular formula is C40H50N2. The third-order valence-electron chi connectivity index (χ3n) is 6.63. The van der Waals surface area contributed by atoms with Crippen LogP contribution in [0.1, 0.15) is 91.1 Å². The molecule has 1 N–H and O–H groups in total. The fourth-order valence-corrected chi connectivity index (χ4v) is 5.16. The van der Waals surface area contributed by atoms with E-state index in [4.69, 9.17) is 4.98 Å². The van der Waals surface area contributed by atoms with Crippen molar-refractivity contribution in [2.75, 3.05) is 0 Å². The van der Waals surface area contributed by atoms with Gasteiger partial charge >= 0.3 is 0 Å². The lowest BCUT2D eigenvalue weighted by Crippen LogP contribution is -2.26. The molecule has 42 heavy (non-hydrogen) atoms. The first-order valence-corrected chi connectivity index (χ1v) is 15.8. The fourth-order valence-electron chi connectivity index (χ4n) is 5.16. The average molecular weight is 559 g/mol. The Morgan fingerprint density at radius 1 is 0.714 bits per heavy atom. The summed E-state index contributed by atoms with van der Waals surface area (Å²) in [7, 11) is 0. The Labute approximate surface area is 254 Å². The van der Waals surface area contributed by atoms with Gasteiger partial charge < -0.3 is 4.98 Å². The molecule has 2 nitrogen and oxygen atoms in total. The van der Waals surface area contributed by atoms with Crippen molar-refractivity contribution >= 4 is 27.4 Å². The van der Waals surface area contributed by atoms with Crippen LogP contribution in [0.25, 0.3) is 27.4 Å². The highest BCUT2D eigenvalue weighted by atomic mass is 14.7. The minimum Gasteiger partial charge on any atom is -0.355 e. The molecule has 5 aromatic rings. The number of fused-ring (bicyclic) bond motifs is 4. The van der Waals surface area contributed by atoms with Crippen LogP contribution in [0, 0.1) is 0 Å². The maximum atomic E-state index is 4.87. The average Bonchev–Trinajstić information content (AvgIpc) is 3.60. The monoisotopic (exact) mass is 558 g/mol. The molecule has 0 amide bonds. The van der Waals surface area contributed by atoms with Crippen molar-refractivity contribution in [3.63, 3.8) is 0 Å². The van der Waals surface area contributed by atoms with Gasteiger partial charge in [0.2, 0.25) is 0 Å². The molecule has 0 radical (unpaired) electrons. The van der Waals surface area contributed by atoms with Crippen LogP contribution in [0.5, 0.6) is 0 Å². The number of nitrogens with zero attached hydrogens (tertiary/aromatic N) is 1. The Kier molecular flexibility index (Phi) is 14.3. The third-order valence-corrected chi connectivity index (χ3v) is 6.63. The zero-order valence-electron chi connectivity index (χ0n) is 27.2. The Hall–Kier alpha value is -4.17. The van der Waals surface area contributed by atoms with Crippen molar-refractivity contribution in [1.82, 2.24) is 9.97 Å². The Morgan fingerprint density at radius 3 is 2.00 bits per heavy atom. The molecule has 2 heteroatoms. The van der Waals surface area contributed by atoms with Crippen molar-refractivity contribution in [1.29, 1.82) is 0 Å². The summed E-state index contributed by atoms with van der Waals surface area (Å²) in [5.41, 5.74) is 7.82. The van der Waals surface area contributed by atoms with Crippen LogP contribution in [-0.4, -0.2) is 9.97 Å². The van der Waals surface area contributed by atoms with Gasteiger partial charge in [-0.3, -0.25) is 4.98 Å². The molecule has 1 aliphatic rings. The summed E-state index contributed by atoms with van der Waals surface area (Å²) in [4.78, 5) is 8.51. The Balaban J connectivity index is 0.000000623. The number of rotatable bonds is 4. The molecule has 0 spiro atoms. The molecule has 3 aromatic carbocycles. The van der Waals surface area contributed by atoms with E-state index in [9.17, 15) is 0 Å². The maximum absolute atomic E-state index is 4.87. The lowest BCUT2D eigenvalue weighted by Gasteiger charge is -2.29. The fraction of sp³-hybridized carbons (Fsp3) is 0.275. The maximum Gasteiger partial charge on any atom is 0.0820 e. The third kappa shape index (κ3) is 6.99. The number of benzene rings is 3. The molecule has 1 atom stereocenters. The number of H-pyrrole nitrogens is 1. The predicted octanol–water partition coefficient (Wildman–Crippen LogP) is 12.1. The minimum absolute atomic E-state index is 0.459. The van der Waals surface area contributed by atoms with E-state index in [1.54, 1.807) is 0 Å². The van der Waals surface area contributed by atoms with E-state index in [1.165, 1.54) is 39.5 Å². The van der Waals surface area contributed by atoms with Crippen LogP contribution < -0.4 is 0 Å². The Morgan fingerprint density at radius 2 is 1.36 bits per heavy atom. The number of aromatic amines is 1. The van der Waals surface area contributed by atoms with Crippen LogP contribution in [-0.2, 0) is 5.41 Å². The minimum atomic E-state index is -0.459. The van der Waals surface area contributed by atoms with Gasteiger partial charge in [0.05, 0.1) is 11.1 Å². The molecule has 0 saturated carbocycles. The van der Waals surface area contributed by atoms with E-state index in [0.29, 0.717) is 0 Å². The van der Waals surface area contributed by atoms with Crippen molar-refractivity contribution in [3.8, 4) is 0 Å². The molecule has 220 valence electrons. The van der Waals surface area contributed by atoms with Crippen molar-refractivity contribution in [3.05, 3.63) is 144 Å². The summed E-state index contributed by atoms with van der Waals surface area (Å²) < 4.78 is 0. The molecule has 0 fully saturated rings. The lowest BCUT2D eigenvalue weighted by atomic mass is 9.73. The first-order valence-electron chi connectivity index (χ1n) is 15.8. The van der Waals surface area contributed by atoms with Crippen LogP contribution >= 0.6 is 0 Å². The smallest absolute Gasteiger partial charge is 0.0820 e. The predicted molar refractivity (Wildman–Crippen MR) is 188 cm³/mol. The zero-order valence-corrected chi connectivity index (χ0v) is 27.2. The van der Waals surface area contributed by atoms with E-state index < -0.39 is 5.41 Å². The number of hydrogen-bond donors (Lipinski definition) is 1. The second-order valence-corrected chi connectivity index (χ2v) is 9.19. The number of hydrogen-bond acceptors (Lipinski definition) is 1. The van der Waals surface area contributed by atoms with Crippen LogP contribution in [0.4, 0.5) is 0 Å². The highest BCUT2D eigenvalue weighted by Crippen LogP contribution is 2.50. The van der Waals surface area contributed by atoms with Gasteiger partial charge in [0, 0.05) is 28.0 Å². The molecule has 0 saturated heterocycles. The summed E-state index contributed by atoms with van der Waals surface area (Å²) in [6.07, 6.45) is 14.0. The normalized spacial score (nSPS) is 14.9. The second-order valence-electron chi connectivity index (χ2n) is 9.19. The summed E-state index contributed by atoms with van der Waals surface area (Å²) in [5.74, 6) is 0. The van der Waals surface area contributed by atoms with Crippen molar-refractivity contribution < 1.29 is 0 Å². The Bertz CT molecular complexity index is 1530. The SMILES string of the molecule is C/C=C\C=C/C1=CC(c2ccccc2)(c2ccccn2)c2cc3[nH]c4ccccc4c3cc21.CC.CC.CC.CCC. The van der Waals surface area contributed by atoms with Gasteiger partial charge in [-0.2, -0.15) is 0 Å². The van der Waals surface area contributed by atoms with Crippen molar-refractivity contribution in [2.45, 2.75) is 74.1 Å². The van der Waals surface area contributed by atoms with Crippen LogP contribution in [0.15, 0.2) is 122 Å². The molecule has 0 aliphatic heterocycles. The van der Waals surface area contributed by atoms with Crippen LogP contribution in [0.3, 0.4) is 0 Å². The number of allylic oxidation sites excluding steroid dienone is 6. The summed E-state index contributed by atoms with van der Waals surface area (Å²) in [6.45, 7) is 18.3. The largest absolute Gasteiger partial charge is 0.355 e. The van der Waals surface area contributed by atoms with Gasteiger partial charge in [-0.05, 0) is 59.5 Å². The van der Waals surface area contributed by atoms with Gasteiger partial charge in [-0.25, -0.2) is 0 Å². The number of pyridine rings is 1. The summed E-state index contributed by atoms with van der Waals surface area (Å²) in [5, 5.41) is 2.50. The molecule has 6 rings (SSSR count). The van der Waals surface area contributed by atoms with Gasteiger partial charge in [-0.15, -0.1) is 0 Å². The highest BCUT2D eigenvalue weighted by Gasteiger charge is 2.42. The quantitative estimate of drug-likeness (QED) is 0.218. The lowest BCUT2D eigenvalue weighted by molar-refractivity contribution is 0.758. The standard InChI is InChI=1S/C31H24N2.C3H8.3C2H6/c1-2-3-5-12-22-21-31(23-13-6-4-7-14-23,30-17-10-11-18-32-30)27-20-29-26(19-25(22)27)24-15-8-9-16-28(24)33-29;1-3-2;3*1-2/h2-21,33H,1H3;3H2,1-2H3;3*1-2H3/b3-2-,12-5-;;;;. The summed E-state index contributed by atoms with van der Waals surface area (Å²) in [6, 6.07) is 30.1. The van der Waals surface area contributed by atoms with Gasteiger partial charge in [0.1, 0.15) is 0 Å². The van der Waals surface area contributed by atoms with E-state index in [0.717, 1.165) is 16.7 Å². The summed E-state index contributed by atoms with van der Waals surface area (Å²) >= 11 is 0. The van der Waals surface area contributed by atoms with Gasteiger partial charge in [-0.1, -0.05) is 147 Å². The zero-order chi connectivity index (χ0) is 31.0. The molecule has 2 aromatic heterocycles. The van der Waals surface area contributed by atoms with E-state index in [2.05, 4.69) is 128 Å². The van der Waals surface area contributed by atoms with E-state index >= 15 is 0 Å². The number of aromatic nitrogens is 2. The topological polar surface area (TPSA) is 28.7 Å². The molecule has 1 unspecified atom stereocenters. The molecule has 2 heterocycles. The van der Waals surface area contributed by atoms with E-state index in [-0.39, 0.29) is 0 Å². The van der Waals surface area contributed by atoms with E-state index in [1.807, 2.05) is 60.7 Å². The van der Waals surface area contributed by atoms with Crippen molar-refractivity contribution in [2.24, 2.45) is 0 Å². The van der Waals surface area contributed by atoms with Crippen LogP contribution in [0.2, 0.25) is 0 Å². The van der Waals surface area contributed by atoms with Gasteiger partial charge in [0.25, 0.3) is 0 Å². The number of nitrogens with one attached hydrogen (secondary N) is 1. The van der Waals surface area contributed by atoms with Gasteiger partial charge in [0.15, 0.2) is 0 Å². The highest BCUT2D eigenvalue weighted by molar-refractivity contribution is 6.09. The first-order chi connectivity index (χ1) is 20.7. The molecule has 1 aliphatic carbocycles. The second kappa shape index (κ2) is 17.6. The first kappa shape index (κ1) is 34.0. The molecule has 0 bridgehead atoms. The number of para-hydroxylation sites is 1.